The van der Waals surface area contributed by atoms with Gasteiger partial charge in [-0.1, -0.05) is 0 Å². The maximum absolute atomic E-state index is 13.1. The highest BCUT2D eigenvalue weighted by Crippen LogP contribution is 2.27. The normalized spacial score (nSPS) is 10.9. The van der Waals surface area contributed by atoms with E-state index in [2.05, 4.69) is 21.0 Å². The molecule has 0 spiro atoms. The molecule has 0 radical (unpaired) electrons. The number of rotatable bonds is 1. The molecule has 1 aromatic heterocycles. The van der Waals surface area contributed by atoms with Crippen molar-refractivity contribution >= 4 is 21.7 Å². The number of hydrogen-bond donors (Lipinski definition) is 1. The molecule has 0 aliphatic carbocycles. The van der Waals surface area contributed by atoms with Crippen LogP contribution in [-0.4, -0.2) is 9.78 Å². The second-order valence-corrected chi connectivity index (χ2v) is 4.21. The van der Waals surface area contributed by atoms with Crippen LogP contribution >= 0.6 is 15.9 Å². The molecule has 0 fully saturated rings. The van der Waals surface area contributed by atoms with Gasteiger partial charge in [-0.2, -0.15) is 5.10 Å². The number of nitrogens with two attached hydrogens (primary N) is 1. The first kappa shape index (κ1) is 12.0. The number of aromatic nitrogens is 2. The van der Waals surface area contributed by atoms with Gasteiger partial charge in [0, 0.05) is 12.1 Å². The topological polar surface area (TPSA) is 43.8 Å². The van der Waals surface area contributed by atoms with Crippen LogP contribution in [0, 0.1) is 24.4 Å². The van der Waals surface area contributed by atoms with Crippen molar-refractivity contribution in [2.24, 2.45) is 0 Å². The molecule has 3 nitrogen and oxygen atoms in total. The van der Waals surface area contributed by atoms with Gasteiger partial charge in [-0.05, 0) is 22.9 Å². The van der Waals surface area contributed by atoms with Crippen molar-refractivity contribution in [3.8, 4) is 5.69 Å². The quantitative estimate of drug-likeness (QED) is 0.823. The average molecular weight is 306 g/mol. The first-order valence-electron chi connectivity index (χ1n) is 4.57. The molecule has 0 aliphatic rings. The molecule has 90 valence electrons. The summed E-state index contributed by atoms with van der Waals surface area (Å²) in [6.07, 6.45) is 0. The number of nitrogens with zero attached hydrogens (tertiary/aromatic N) is 2. The van der Waals surface area contributed by atoms with Crippen LogP contribution < -0.4 is 5.73 Å². The SMILES string of the molecule is Cc1nn(-c2cc(F)c(F)c(F)c2)c(N)c1Br. The highest BCUT2D eigenvalue weighted by atomic mass is 79.9. The van der Waals surface area contributed by atoms with E-state index >= 15 is 0 Å². The van der Waals surface area contributed by atoms with Crippen LogP contribution in [0.25, 0.3) is 5.69 Å². The molecule has 1 aromatic carbocycles. The molecular formula is C10H7BrF3N3. The van der Waals surface area contributed by atoms with Crippen molar-refractivity contribution in [1.82, 2.24) is 9.78 Å². The number of anilines is 1. The summed E-state index contributed by atoms with van der Waals surface area (Å²) in [5, 5.41) is 3.98. The van der Waals surface area contributed by atoms with E-state index in [4.69, 9.17) is 5.73 Å². The molecule has 0 bridgehead atoms. The minimum Gasteiger partial charge on any atom is -0.383 e. The third-order valence-corrected chi connectivity index (χ3v) is 3.21. The van der Waals surface area contributed by atoms with Gasteiger partial charge < -0.3 is 5.73 Å². The fraction of sp³-hybridized carbons (Fsp3) is 0.100. The lowest BCUT2D eigenvalue weighted by Gasteiger charge is -2.05. The van der Waals surface area contributed by atoms with E-state index < -0.39 is 17.5 Å². The van der Waals surface area contributed by atoms with E-state index in [9.17, 15) is 13.2 Å². The summed E-state index contributed by atoms with van der Waals surface area (Å²) < 4.78 is 40.6. The lowest BCUT2D eigenvalue weighted by Crippen LogP contribution is -2.04. The number of hydrogen-bond acceptors (Lipinski definition) is 2. The average Bonchev–Trinajstić information content (AvgIpc) is 2.53. The zero-order valence-electron chi connectivity index (χ0n) is 8.64. The molecule has 0 aliphatic heterocycles. The molecule has 2 aromatic rings. The third kappa shape index (κ3) is 1.90. The van der Waals surface area contributed by atoms with Crippen molar-refractivity contribution in [2.45, 2.75) is 6.92 Å². The van der Waals surface area contributed by atoms with Gasteiger partial charge in [0.1, 0.15) is 5.82 Å². The third-order valence-electron chi connectivity index (χ3n) is 2.23. The summed E-state index contributed by atoms with van der Waals surface area (Å²) in [5.74, 6) is -3.91. The second kappa shape index (κ2) is 4.06. The highest BCUT2D eigenvalue weighted by Gasteiger charge is 2.16. The Hall–Kier alpha value is -1.50. The van der Waals surface area contributed by atoms with Crippen molar-refractivity contribution in [3.05, 3.63) is 39.8 Å². The second-order valence-electron chi connectivity index (χ2n) is 3.42. The van der Waals surface area contributed by atoms with Crippen molar-refractivity contribution < 1.29 is 13.2 Å². The van der Waals surface area contributed by atoms with E-state index in [0.29, 0.717) is 10.2 Å². The largest absolute Gasteiger partial charge is 0.383 e. The zero-order chi connectivity index (χ0) is 12.7. The number of benzene rings is 1. The van der Waals surface area contributed by atoms with Gasteiger partial charge in [-0.3, -0.25) is 0 Å². The van der Waals surface area contributed by atoms with Gasteiger partial charge in [0.2, 0.25) is 0 Å². The fourth-order valence-electron chi connectivity index (χ4n) is 1.39. The number of nitrogen functional groups attached to an aromatic ring is 1. The molecule has 1 heterocycles. The molecule has 0 atom stereocenters. The lowest BCUT2D eigenvalue weighted by atomic mass is 10.3. The van der Waals surface area contributed by atoms with Crippen molar-refractivity contribution in [2.75, 3.05) is 5.73 Å². The first-order valence-corrected chi connectivity index (χ1v) is 5.36. The van der Waals surface area contributed by atoms with E-state index in [0.717, 1.165) is 16.8 Å². The van der Waals surface area contributed by atoms with Crippen LogP contribution in [-0.2, 0) is 0 Å². The van der Waals surface area contributed by atoms with Gasteiger partial charge in [-0.15, -0.1) is 0 Å². The van der Waals surface area contributed by atoms with Gasteiger partial charge in [-0.25, -0.2) is 17.9 Å². The molecular weight excluding hydrogens is 299 g/mol. The molecule has 7 heteroatoms. The predicted molar refractivity (Wildman–Crippen MR) is 60.3 cm³/mol. The molecule has 0 saturated heterocycles. The van der Waals surface area contributed by atoms with E-state index in [1.165, 1.54) is 0 Å². The molecule has 2 rings (SSSR count). The lowest BCUT2D eigenvalue weighted by molar-refractivity contribution is 0.446. The van der Waals surface area contributed by atoms with Crippen LogP contribution in [0.1, 0.15) is 5.69 Å². The van der Waals surface area contributed by atoms with Gasteiger partial charge in [0.25, 0.3) is 0 Å². The molecule has 0 saturated carbocycles. The monoisotopic (exact) mass is 305 g/mol. The number of aryl methyl sites for hydroxylation is 1. The zero-order valence-corrected chi connectivity index (χ0v) is 10.2. The van der Waals surface area contributed by atoms with E-state index in [1.807, 2.05) is 0 Å². The summed E-state index contributed by atoms with van der Waals surface area (Å²) in [7, 11) is 0. The smallest absolute Gasteiger partial charge is 0.194 e. The Morgan fingerprint density at radius 2 is 1.76 bits per heavy atom. The molecule has 0 amide bonds. The van der Waals surface area contributed by atoms with E-state index in [-0.39, 0.29) is 11.5 Å². The summed E-state index contributed by atoms with van der Waals surface area (Å²) in [5.41, 5.74) is 6.27. The maximum Gasteiger partial charge on any atom is 0.194 e. The first-order chi connectivity index (χ1) is 7.91. The van der Waals surface area contributed by atoms with Crippen LogP contribution in [0.4, 0.5) is 19.0 Å². The van der Waals surface area contributed by atoms with Crippen molar-refractivity contribution in [3.63, 3.8) is 0 Å². The van der Waals surface area contributed by atoms with Crippen LogP contribution in [0.15, 0.2) is 16.6 Å². The Morgan fingerprint density at radius 1 is 1.24 bits per heavy atom. The van der Waals surface area contributed by atoms with Gasteiger partial charge >= 0.3 is 0 Å². The minimum absolute atomic E-state index is 0.0210. The minimum atomic E-state index is -1.52. The Bertz CT molecular complexity index is 572. The summed E-state index contributed by atoms with van der Waals surface area (Å²) in [4.78, 5) is 0. The highest BCUT2D eigenvalue weighted by molar-refractivity contribution is 9.10. The Morgan fingerprint density at radius 3 is 2.18 bits per heavy atom. The predicted octanol–water partition coefficient (Wildman–Crippen LogP) is 2.94. The summed E-state index contributed by atoms with van der Waals surface area (Å²) in [6.45, 7) is 1.67. The summed E-state index contributed by atoms with van der Waals surface area (Å²) >= 11 is 3.18. The van der Waals surface area contributed by atoms with Gasteiger partial charge in [0.05, 0.1) is 15.9 Å². The van der Waals surface area contributed by atoms with E-state index in [1.54, 1.807) is 6.92 Å². The van der Waals surface area contributed by atoms with Crippen LogP contribution in [0.2, 0.25) is 0 Å². The maximum atomic E-state index is 13.1. The Labute approximate surface area is 103 Å². The fourth-order valence-corrected chi connectivity index (χ4v) is 1.63. The summed E-state index contributed by atoms with van der Waals surface area (Å²) in [6, 6.07) is 1.65. The molecule has 2 N–H and O–H groups in total. The molecule has 17 heavy (non-hydrogen) atoms. The van der Waals surface area contributed by atoms with Gasteiger partial charge in [0.15, 0.2) is 17.5 Å². The Kier molecular flexibility index (Phi) is 2.86. The molecule has 0 unspecified atom stereocenters. The van der Waals surface area contributed by atoms with Crippen molar-refractivity contribution in [1.29, 1.82) is 0 Å². The van der Waals surface area contributed by atoms with Crippen LogP contribution in [0.5, 0.6) is 0 Å². The Balaban J connectivity index is 2.65. The number of halogens is 4. The van der Waals surface area contributed by atoms with Crippen LogP contribution in [0.3, 0.4) is 0 Å². The standard InChI is InChI=1S/C10H7BrF3N3/c1-4-8(11)10(15)17(16-4)5-2-6(12)9(14)7(13)3-5/h2-3H,15H2,1H3.